The van der Waals surface area contributed by atoms with Crippen LogP contribution < -0.4 is 0 Å². The van der Waals surface area contributed by atoms with E-state index in [2.05, 4.69) is 16.9 Å². The lowest BCUT2D eigenvalue weighted by atomic mass is 9.79. The normalized spacial score (nSPS) is 23.5. The molecule has 3 nitrogen and oxygen atoms in total. The Kier molecular flexibility index (Phi) is 5.77. The molecule has 1 aromatic heterocycles. The zero-order chi connectivity index (χ0) is 13.5. The molecule has 0 aromatic carbocycles. The van der Waals surface area contributed by atoms with Crippen LogP contribution in [0.2, 0.25) is 0 Å². The van der Waals surface area contributed by atoms with Gasteiger partial charge in [-0.1, -0.05) is 26.2 Å². The lowest BCUT2D eigenvalue weighted by Gasteiger charge is -2.27. The summed E-state index contributed by atoms with van der Waals surface area (Å²) in [6, 6.07) is 0. The van der Waals surface area contributed by atoms with Crippen molar-refractivity contribution in [1.82, 2.24) is 9.97 Å². The standard InChI is InChI=1S/C16H26N2O/c1-3-4-5-13-6-8-15(9-7-13)16-17-10-14(11-18-16)12-19-2/h10-11,13,15H,3-9,12H2,1-2H3/t13-,15-. The molecule has 2 rings (SSSR count). The number of hydrogen-bond donors (Lipinski definition) is 0. The van der Waals surface area contributed by atoms with E-state index in [9.17, 15) is 0 Å². The Hall–Kier alpha value is -0.960. The largest absolute Gasteiger partial charge is 0.380 e. The number of rotatable bonds is 6. The van der Waals surface area contributed by atoms with E-state index in [1.165, 1.54) is 44.9 Å². The number of nitrogens with zero attached hydrogens (tertiary/aromatic N) is 2. The number of unbranched alkanes of at least 4 members (excludes halogenated alkanes) is 1. The van der Waals surface area contributed by atoms with Gasteiger partial charge < -0.3 is 4.74 Å². The molecule has 0 spiro atoms. The van der Waals surface area contributed by atoms with Gasteiger partial charge in [-0.3, -0.25) is 0 Å². The van der Waals surface area contributed by atoms with Gasteiger partial charge in [0.2, 0.25) is 0 Å². The molecule has 0 atom stereocenters. The zero-order valence-corrected chi connectivity index (χ0v) is 12.3. The molecule has 0 unspecified atom stereocenters. The van der Waals surface area contributed by atoms with Crippen LogP contribution in [0.3, 0.4) is 0 Å². The third-order valence-electron chi connectivity index (χ3n) is 4.21. The van der Waals surface area contributed by atoms with Crippen LogP contribution in [0.15, 0.2) is 12.4 Å². The van der Waals surface area contributed by atoms with Crippen LogP contribution in [-0.2, 0) is 11.3 Å². The average Bonchev–Trinajstić information content (AvgIpc) is 2.47. The van der Waals surface area contributed by atoms with E-state index >= 15 is 0 Å². The minimum Gasteiger partial charge on any atom is -0.380 e. The molecule has 1 aliphatic carbocycles. The summed E-state index contributed by atoms with van der Waals surface area (Å²) in [6.45, 7) is 2.88. The Bertz CT molecular complexity index is 356. The highest BCUT2D eigenvalue weighted by Crippen LogP contribution is 2.36. The monoisotopic (exact) mass is 262 g/mol. The smallest absolute Gasteiger partial charge is 0.131 e. The average molecular weight is 262 g/mol. The Morgan fingerprint density at radius 3 is 2.42 bits per heavy atom. The molecule has 1 fully saturated rings. The number of aromatic nitrogens is 2. The molecule has 19 heavy (non-hydrogen) atoms. The molecule has 1 saturated carbocycles. The SMILES string of the molecule is CCCC[C@H]1CC[C@H](c2ncc(COC)cn2)CC1. The molecule has 0 amide bonds. The molecule has 1 aromatic rings. The van der Waals surface area contributed by atoms with Gasteiger partial charge in [0.05, 0.1) is 6.61 Å². The van der Waals surface area contributed by atoms with Gasteiger partial charge in [0, 0.05) is 31.0 Å². The van der Waals surface area contributed by atoms with Crippen molar-refractivity contribution < 1.29 is 4.74 Å². The quantitative estimate of drug-likeness (QED) is 0.774. The van der Waals surface area contributed by atoms with Gasteiger partial charge in [-0.25, -0.2) is 9.97 Å². The van der Waals surface area contributed by atoms with Gasteiger partial charge in [0.25, 0.3) is 0 Å². The molecule has 0 aliphatic heterocycles. The van der Waals surface area contributed by atoms with E-state index in [1.54, 1.807) is 7.11 Å². The third kappa shape index (κ3) is 4.27. The predicted octanol–water partition coefficient (Wildman–Crippen LogP) is 4.09. The highest BCUT2D eigenvalue weighted by molar-refractivity contribution is 5.07. The minimum atomic E-state index is 0.578. The topological polar surface area (TPSA) is 35.0 Å². The molecule has 0 saturated heterocycles. The Morgan fingerprint density at radius 2 is 1.84 bits per heavy atom. The van der Waals surface area contributed by atoms with E-state index in [4.69, 9.17) is 4.74 Å². The maximum absolute atomic E-state index is 5.08. The molecular formula is C16H26N2O. The molecular weight excluding hydrogens is 236 g/mol. The van der Waals surface area contributed by atoms with Crippen LogP contribution >= 0.6 is 0 Å². The molecule has 0 N–H and O–H groups in total. The maximum Gasteiger partial charge on any atom is 0.131 e. The summed E-state index contributed by atoms with van der Waals surface area (Å²) >= 11 is 0. The summed E-state index contributed by atoms with van der Waals surface area (Å²) in [6.07, 6.45) is 13.2. The Labute approximate surface area is 116 Å². The lowest BCUT2D eigenvalue weighted by Crippen LogP contribution is -2.15. The molecule has 0 bridgehead atoms. The number of methoxy groups -OCH3 is 1. The predicted molar refractivity (Wildman–Crippen MR) is 77.0 cm³/mol. The van der Waals surface area contributed by atoms with E-state index in [0.717, 1.165) is 17.3 Å². The van der Waals surface area contributed by atoms with Crippen LogP contribution in [0, 0.1) is 5.92 Å². The van der Waals surface area contributed by atoms with Crippen molar-refractivity contribution in [2.45, 2.75) is 64.4 Å². The summed E-state index contributed by atoms with van der Waals surface area (Å²) in [5.74, 6) is 2.56. The highest BCUT2D eigenvalue weighted by Gasteiger charge is 2.23. The Balaban J connectivity index is 1.83. The van der Waals surface area contributed by atoms with Crippen LogP contribution in [-0.4, -0.2) is 17.1 Å². The second-order valence-corrected chi connectivity index (χ2v) is 5.74. The molecule has 0 radical (unpaired) electrons. The maximum atomic E-state index is 5.08. The number of hydrogen-bond acceptors (Lipinski definition) is 3. The van der Waals surface area contributed by atoms with Gasteiger partial charge in [-0.15, -0.1) is 0 Å². The molecule has 1 heterocycles. The fourth-order valence-electron chi connectivity index (χ4n) is 3.02. The van der Waals surface area contributed by atoms with Crippen LogP contribution in [0.1, 0.15) is 69.2 Å². The Morgan fingerprint density at radius 1 is 1.16 bits per heavy atom. The van der Waals surface area contributed by atoms with E-state index in [1.807, 2.05) is 12.4 Å². The van der Waals surface area contributed by atoms with Gasteiger partial charge in [0.15, 0.2) is 0 Å². The highest BCUT2D eigenvalue weighted by atomic mass is 16.5. The minimum absolute atomic E-state index is 0.578. The molecule has 3 heteroatoms. The first-order valence-electron chi connectivity index (χ1n) is 7.63. The van der Waals surface area contributed by atoms with Crippen molar-refractivity contribution in [3.8, 4) is 0 Å². The fourth-order valence-corrected chi connectivity index (χ4v) is 3.02. The first-order chi connectivity index (χ1) is 9.33. The summed E-state index contributed by atoms with van der Waals surface area (Å²) in [5, 5.41) is 0. The number of ether oxygens (including phenoxy) is 1. The van der Waals surface area contributed by atoms with E-state index in [0.29, 0.717) is 12.5 Å². The van der Waals surface area contributed by atoms with Gasteiger partial charge in [-0.2, -0.15) is 0 Å². The summed E-state index contributed by atoms with van der Waals surface area (Å²) in [7, 11) is 1.70. The van der Waals surface area contributed by atoms with E-state index in [-0.39, 0.29) is 0 Å². The van der Waals surface area contributed by atoms with Gasteiger partial charge in [-0.05, 0) is 31.6 Å². The van der Waals surface area contributed by atoms with Crippen LogP contribution in [0.25, 0.3) is 0 Å². The summed E-state index contributed by atoms with van der Waals surface area (Å²) < 4.78 is 5.08. The van der Waals surface area contributed by atoms with Gasteiger partial charge in [0.1, 0.15) is 5.82 Å². The first-order valence-corrected chi connectivity index (χ1v) is 7.63. The van der Waals surface area contributed by atoms with Crippen LogP contribution in [0.5, 0.6) is 0 Å². The van der Waals surface area contributed by atoms with Crippen molar-refractivity contribution in [2.75, 3.05) is 7.11 Å². The van der Waals surface area contributed by atoms with Crippen molar-refractivity contribution in [1.29, 1.82) is 0 Å². The zero-order valence-electron chi connectivity index (χ0n) is 12.3. The van der Waals surface area contributed by atoms with Crippen molar-refractivity contribution >= 4 is 0 Å². The van der Waals surface area contributed by atoms with Crippen molar-refractivity contribution in [3.05, 3.63) is 23.8 Å². The second-order valence-electron chi connectivity index (χ2n) is 5.74. The second kappa shape index (κ2) is 7.59. The van der Waals surface area contributed by atoms with E-state index < -0.39 is 0 Å². The van der Waals surface area contributed by atoms with Crippen LogP contribution in [0.4, 0.5) is 0 Å². The van der Waals surface area contributed by atoms with Gasteiger partial charge >= 0.3 is 0 Å². The lowest BCUT2D eigenvalue weighted by molar-refractivity contribution is 0.184. The third-order valence-corrected chi connectivity index (χ3v) is 4.21. The van der Waals surface area contributed by atoms with Crippen molar-refractivity contribution in [2.24, 2.45) is 5.92 Å². The summed E-state index contributed by atoms with van der Waals surface area (Å²) in [4.78, 5) is 9.03. The molecule has 1 aliphatic rings. The fraction of sp³-hybridized carbons (Fsp3) is 0.750. The van der Waals surface area contributed by atoms with Crippen molar-refractivity contribution in [3.63, 3.8) is 0 Å². The molecule has 106 valence electrons. The first kappa shape index (κ1) is 14.4. The summed E-state index contributed by atoms with van der Waals surface area (Å²) in [5.41, 5.74) is 1.06.